The summed E-state index contributed by atoms with van der Waals surface area (Å²) in [5, 5.41) is 4.29. The molecule has 0 saturated carbocycles. The third-order valence-electron chi connectivity index (χ3n) is 3.86. The van der Waals surface area contributed by atoms with Crippen LogP contribution in [-0.2, 0) is 6.54 Å². The van der Waals surface area contributed by atoms with Crippen LogP contribution >= 0.6 is 0 Å². The number of hydrogen-bond donors (Lipinski definition) is 0. The van der Waals surface area contributed by atoms with Crippen LogP contribution in [0.1, 0.15) is 12.8 Å². The van der Waals surface area contributed by atoms with Crippen molar-refractivity contribution in [3.05, 3.63) is 42.7 Å². The molecular formula is C15H16N4O. The Balaban J connectivity index is 1.62. The molecule has 4 rings (SSSR count). The summed E-state index contributed by atoms with van der Waals surface area (Å²) in [6.07, 6.45) is 6.14. The summed E-state index contributed by atoms with van der Waals surface area (Å²) < 4.78 is 7.86. The maximum absolute atomic E-state index is 5.89. The van der Waals surface area contributed by atoms with Gasteiger partial charge in [0, 0.05) is 18.9 Å². The molecule has 0 N–H and O–H groups in total. The standard InChI is InChI=1S/C15H16N4O/c1-2-7-14-13(6-1)17-15(20-14)19-10-3-5-12(19)11-18-9-4-8-16-18/h1-2,4,6-9,12H,3,5,10-11H2. The maximum atomic E-state index is 5.89. The second kappa shape index (κ2) is 4.67. The molecule has 1 atom stereocenters. The molecule has 0 spiro atoms. The van der Waals surface area contributed by atoms with Crippen LogP contribution in [0.5, 0.6) is 0 Å². The van der Waals surface area contributed by atoms with Gasteiger partial charge in [-0.1, -0.05) is 12.1 Å². The zero-order valence-corrected chi connectivity index (χ0v) is 11.1. The predicted octanol–water partition coefficient (Wildman–Crippen LogP) is 2.69. The van der Waals surface area contributed by atoms with Gasteiger partial charge in [-0.3, -0.25) is 4.68 Å². The van der Waals surface area contributed by atoms with E-state index in [-0.39, 0.29) is 0 Å². The van der Waals surface area contributed by atoms with E-state index in [0.717, 1.165) is 36.6 Å². The number of aromatic nitrogens is 3. The zero-order valence-electron chi connectivity index (χ0n) is 11.1. The fourth-order valence-electron chi connectivity index (χ4n) is 2.88. The number of fused-ring (bicyclic) bond motifs is 1. The molecule has 20 heavy (non-hydrogen) atoms. The molecular weight excluding hydrogens is 252 g/mol. The first kappa shape index (κ1) is 11.5. The van der Waals surface area contributed by atoms with E-state index in [1.165, 1.54) is 6.42 Å². The Morgan fingerprint density at radius 1 is 1.25 bits per heavy atom. The molecule has 3 aromatic rings. The van der Waals surface area contributed by atoms with Crippen LogP contribution in [0, 0.1) is 0 Å². The van der Waals surface area contributed by atoms with Gasteiger partial charge < -0.3 is 9.32 Å². The van der Waals surface area contributed by atoms with Crippen LogP contribution in [0.3, 0.4) is 0 Å². The fourth-order valence-corrected chi connectivity index (χ4v) is 2.88. The van der Waals surface area contributed by atoms with Crippen LogP contribution < -0.4 is 4.90 Å². The van der Waals surface area contributed by atoms with Crippen molar-refractivity contribution < 1.29 is 4.42 Å². The van der Waals surface area contributed by atoms with Crippen molar-refractivity contribution in [2.75, 3.05) is 11.4 Å². The van der Waals surface area contributed by atoms with E-state index in [2.05, 4.69) is 15.0 Å². The highest BCUT2D eigenvalue weighted by atomic mass is 16.4. The second-order valence-electron chi connectivity index (χ2n) is 5.18. The molecule has 1 aliphatic heterocycles. The van der Waals surface area contributed by atoms with Crippen molar-refractivity contribution in [2.24, 2.45) is 0 Å². The monoisotopic (exact) mass is 268 g/mol. The number of hydrogen-bond acceptors (Lipinski definition) is 4. The lowest BCUT2D eigenvalue weighted by Gasteiger charge is -2.22. The first-order valence-corrected chi connectivity index (χ1v) is 7.00. The van der Waals surface area contributed by atoms with Gasteiger partial charge in [-0.15, -0.1) is 0 Å². The van der Waals surface area contributed by atoms with E-state index in [1.54, 1.807) is 0 Å². The molecule has 0 bridgehead atoms. The summed E-state index contributed by atoms with van der Waals surface area (Å²) in [4.78, 5) is 6.87. The third-order valence-corrected chi connectivity index (χ3v) is 3.86. The van der Waals surface area contributed by atoms with Gasteiger partial charge in [0.2, 0.25) is 0 Å². The molecule has 0 aliphatic carbocycles. The quantitative estimate of drug-likeness (QED) is 0.732. The molecule has 3 heterocycles. The third kappa shape index (κ3) is 1.95. The van der Waals surface area contributed by atoms with Crippen LogP contribution in [0.4, 0.5) is 6.01 Å². The van der Waals surface area contributed by atoms with Crippen molar-refractivity contribution in [1.29, 1.82) is 0 Å². The molecule has 0 radical (unpaired) electrons. The molecule has 5 nitrogen and oxygen atoms in total. The van der Waals surface area contributed by atoms with Crippen molar-refractivity contribution in [3.63, 3.8) is 0 Å². The Labute approximate surface area is 116 Å². The summed E-state index contributed by atoms with van der Waals surface area (Å²) in [5.74, 6) is 0. The van der Waals surface area contributed by atoms with E-state index < -0.39 is 0 Å². The number of rotatable bonds is 3. The van der Waals surface area contributed by atoms with Gasteiger partial charge in [0.1, 0.15) is 5.52 Å². The zero-order chi connectivity index (χ0) is 13.4. The molecule has 1 aliphatic rings. The first-order chi connectivity index (χ1) is 9.90. The maximum Gasteiger partial charge on any atom is 0.298 e. The average Bonchev–Trinajstić information content (AvgIpc) is 3.18. The minimum atomic E-state index is 0.406. The normalized spacial score (nSPS) is 19.0. The molecule has 1 aromatic carbocycles. The van der Waals surface area contributed by atoms with Crippen LogP contribution in [0.2, 0.25) is 0 Å². The lowest BCUT2D eigenvalue weighted by Crippen LogP contribution is -2.33. The SMILES string of the molecule is c1ccc2oc(N3CCCC3Cn3cccn3)nc2c1. The smallest absolute Gasteiger partial charge is 0.298 e. The van der Waals surface area contributed by atoms with Gasteiger partial charge in [0.25, 0.3) is 6.01 Å². The fraction of sp³-hybridized carbons (Fsp3) is 0.333. The minimum absolute atomic E-state index is 0.406. The predicted molar refractivity (Wildman–Crippen MR) is 76.6 cm³/mol. The van der Waals surface area contributed by atoms with Gasteiger partial charge in [-0.25, -0.2) is 0 Å². The Kier molecular flexibility index (Phi) is 2.69. The van der Waals surface area contributed by atoms with Crippen molar-refractivity contribution in [1.82, 2.24) is 14.8 Å². The Morgan fingerprint density at radius 2 is 2.20 bits per heavy atom. The molecule has 102 valence electrons. The van der Waals surface area contributed by atoms with Crippen LogP contribution in [0.25, 0.3) is 11.1 Å². The molecule has 1 fully saturated rings. The Hall–Kier alpha value is -2.30. The molecule has 5 heteroatoms. The van der Waals surface area contributed by atoms with Gasteiger partial charge >= 0.3 is 0 Å². The van der Waals surface area contributed by atoms with E-state index in [9.17, 15) is 0 Å². The lowest BCUT2D eigenvalue weighted by molar-refractivity contribution is 0.479. The molecule has 0 amide bonds. The van der Waals surface area contributed by atoms with Crippen molar-refractivity contribution in [2.45, 2.75) is 25.4 Å². The van der Waals surface area contributed by atoms with Gasteiger partial charge in [0.05, 0.1) is 12.6 Å². The number of para-hydroxylation sites is 2. The topological polar surface area (TPSA) is 47.1 Å². The molecule has 1 unspecified atom stereocenters. The number of oxazole rings is 1. The van der Waals surface area contributed by atoms with Crippen molar-refractivity contribution >= 4 is 17.1 Å². The Morgan fingerprint density at radius 3 is 3.05 bits per heavy atom. The van der Waals surface area contributed by atoms with E-state index in [0.29, 0.717) is 6.04 Å². The van der Waals surface area contributed by atoms with E-state index in [1.807, 2.05) is 47.4 Å². The summed E-state index contributed by atoms with van der Waals surface area (Å²) in [5.41, 5.74) is 1.78. The number of benzene rings is 1. The summed E-state index contributed by atoms with van der Waals surface area (Å²) in [6.45, 7) is 1.88. The average molecular weight is 268 g/mol. The Bertz CT molecular complexity index is 671. The highest BCUT2D eigenvalue weighted by Gasteiger charge is 2.28. The highest BCUT2D eigenvalue weighted by molar-refractivity contribution is 5.74. The van der Waals surface area contributed by atoms with Gasteiger partial charge in [-0.05, 0) is 31.0 Å². The lowest BCUT2D eigenvalue weighted by atomic mass is 10.2. The summed E-state index contributed by atoms with van der Waals surface area (Å²) in [7, 11) is 0. The van der Waals surface area contributed by atoms with E-state index in [4.69, 9.17) is 4.42 Å². The van der Waals surface area contributed by atoms with E-state index >= 15 is 0 Å². The minimum Gasteiger partial charge on any atom is -0.423 e. The largest absolute Gasteiger partial charge is 0.423 e. The summed E-state index contributed by atoms with van der Waals surface area (Å²) >= 11 is 0. The van der Waals surface area contributed by atoms with Crippen LogP contribution in [0.15, 0.2) is 47.1 Å². The second-order valence-corrected chi connectivity index (χ2v) is 5.18. The highest BCUT2D eigenvalue weighted by Crippen LogP contribution is 2.28. The summed E-state index contributed by atoms with van der Waals surface area (Å²) in [6, 6.07) is 11.0. The van der Waals surface area contributed by atoms with Gasteiger partial charge in [0.15, 0.2) is 5.58 Å². The first-order valence-electron chi connectivity index (χ1n) is 7.00. The number of nitrogens with zero attached hydrogens (tertiary/aromatic N) is 4. The van der Waals surface area contributed by atoms with Crippen molar-refractivity contribution in [3.8, 4) is 0 Å². The molecule has 1 saturated heterocycles. The number of anilines is 1. The van der Waals surface area contributed by atoms with Gasteiger partial charge in [-0.2, -0.15) is 10.1 Å². The molecule has 2 aromatic heterocycles. The van der Waals surface area contributed by atoms with Crippen LogP contribution in [-0.4, -0.2) is 27.4 Å².